The van der Waals surface area contributed by atoms with Gasteiger partial charge in [-0.15, -0.1) is 0 Å². The Labute approximate surface area is 215 Å². The van der Waals surface area contributed by atoms with E-state index in [4.69, 9.17) is 4.74 Å². The number of esters is 1. The van der Waals surface area contributed by atoms with Gasteiger partial charge >= 0.3 is 11.9 Å². The number of nitro groups is 1. The van der Waals surface area contributed by atoms with Gasteiger partial charge in [-0.3, -0.25) is 14.9 Å². The van der Waals surface area contributed by atoms with Crippen molar-refractivity contribution < 1.29 is 28.7 Å². The molecule has 0 aliphatic carbocycles. The van der Waals surface area contributed by atoms with E-state index in [-0.39, 0.29) is 17.7 Å². The second kappa shape index (κ2) is 9.61. The van der Waals surface area contributed by atoms with Gasteiger partial charge in [0, 0.05) is 56.4 Å². The quantitative estimate of drug-likeness (QED) is 0.294. The number of benzene rings is 2. The summed E-state index contributed by atoms with van der Waals surface area (Å²) < 4.78 is 22.1. The van der Waals surface area contributed by atoms with Crippen LogP contribution < -0.4 is 10.3 Å². The molecule has 1 N–H and O–H groups in total. The maximum absolute atomic E-state index is 15.2. The number of carbonyl (C=O) groups is 2. The number of nitrogens with zero attached hydrogens (tertiary/aromatic N) is 4. The molecule has 1 aromatic heterocycles. The fourth-order valence-electron chi connectivity index (χ4n) is 4.95. The van der Waals surface area contributed by atoms with E-state index >= 15 is 4.39 Å². The number of anilines is 1. The Morgan fingerprint density at radius 3 is 2.37 bits per heavy atom. The summed E-state index contributed by atoms with van der Waals surface area (Å²) >= 11 is 0. The summed E-state index contributed by atoms with van der Waals surface area (Å²) in [5.74, 6) is -2.50. The zero-order chi connectivity index (χ0) is 27.1. The van der Waals surface area contributed by atoms with Gasteiger partial charge in [-0.1, -0.05) is 0 Å². The predicted molar refractivity (Wildman–Crippen MR) is 136 cm³/mol. The van der Waals surface area contributed by atoms with Gasteiger partial charge in [-0.25, -0.2) is 14.0 Å². The number of aromatic nitrogens is 1. The third-order valence-corrected chi connectivity index (χ3v) is 6.92. The molecule has 1 saturated heterocycles. The molecule has 2 aromatic carbocycles. The number of rotatable bonds is 6. The van der Waals surface area contributed by atoms with Crippen LogP contribution in [-0.2, 0) is 16.1 Å². The van der Waals surface area contributed by atoms with Crippen molar-refractivity contribution in [3.8, 4) is 0 Å². The van der Waals surface area contributed by atoms with Crippen molar-refractivity contribution in [3.05, 3.63) is 85.6 Å². The molecule has 0 spiro atoms. The molecule has 2 aliphatic rings. The minimum Gasteiger partial charge on any atom is -0.477 e. The lowest BCUT2D eigenvalue weighted by molar-refractivity contribution is -0.384. The van der Waals surface area contributed by atoms with Crippen LogP contribution in [0.2, 0.25) is 0 Å². The van der Waals surface area contributed by atoms with E-state index in [0.717, 1.165) is 6.07 Å². The molecule has 0 radical (unpaired) electrons. The van der Waals surface area contributed by atoms with Crippen LogP contribution in [0.15, 0.2) is 53.1 Å². The molecule has 196 valence electrons. The average molecular weight is 522 g/mol. The zero-order valence-corrected chi connectivity index (χ0v) is 20.3. The van der Waals surface area contributed by atoms with Gasteiger partial charge in [0.25, 0.3) is 5.69 Å². The highest BCUT2D eigenvalue weighted by Gasteiger charge is 2.32. The Morgan fingerprint density at radius 2 is 1.76 bits per heavy atom. The predicted octanol–water partition coefficient (Wildman–Crippen LogP) is 2.86. The number of nitro benzene ring substituents is 1. The molecule has 38 heavy (non-hydrogen) atoms. The van der Waals surface area contributed by atoms with Crippen molar-refractivity contribution in [2.75, 3.05) is 37.7 Å². The van der Waals surface area contributed by atoms with E-state index in [2.05, 4.69) is 0 Å². The molecular formula is C26H23FN4O7. The first-order valence-corrected chi connectivity index (χ1v) is 11.9. The first-order valence-electron chi connectivity index (χ1n) is 11.9. The lowest BCUT2D eigenvalue weighted by Crippen LogP contribution is -2.46. The van der Waals surface area contributed by atoms with Gasteiger partial charge < -0.3 is 24.2 Å². The van der Waals surface area contributed by atoms with Crippen LogP contribution in [0.3, 0.4) is 0 Å². The maximum Gasteiger partial charge on any atom is 0.341 e. The second-order valence-electron chi connectivity index (χ2n) is 8.96. The second-order valence-corrected chi connectivity index (χ2v) is 8.96. The van der Waals surface area contributed by atoms with Crippen molar-refractivity contribution in [3.63, 3.8) is 0 Å². The first-order chi connectivity index (χ1) is 18.2. The number of fused-ring (bicyclic) bond motifs is 1. The van der Waals surface area contributed by atoms with Crippen LogP contribution in [0.5, 0.6) is 0 Å². The van der Waals surface area contributed by atoms with Crippen LogP contribution in [0.1, 0.15) is 22.8 Å². The number of hydrogen-bond donors (Lipinski definition) is 1. The third-order valence-electron chi connectivity index (χ3n) is 6.92. The molecule has 3 aromatic rings. The Kier molecular flexibility index (Phi) is 6.31. The summed E-state index contributed by atoms with van der Waals surface area (Å²) in [6, 6.07) is 8.37. The molecule has 5 rings (SSSR count). The minimum atomic E-state index is -1.36. The fraction of sp³-hybridized carbons (Fsp3) is 0.269. The van der Waals surface area contributed by atoms with Crippen LogP contribution in [0.25, 0.3) is 16.5 Å². The Balaban J connectivity index is 1.42. The van der Waals surface area contributed by atoms with Gasteiger partial charge in [0.15, 0.2) is 0 Å². The molecule has 0 amide bonds. The van der Waals surface area contributed by atoms with Crippen molar-refractivity contribution >= 4 is 39.8 Å². The molecule has 1 fully saturated rings. The van der Waals surface area contributed by atoms with Gasteiger partial charge in [0.05, 0.1) is 27.4 Å². The number of carboxylic acid groups (broad SMARTS) is 1. The number of ether oxygens (including phenoxy) is 1. The van der Waals surface area contributed by atoms with E-state index in [1.54, 1.807) is 17.6 Å². The van der Waals surface area contributed by atoms with Gasteiger partial charge in [0.2, 0.25) is 5.43 Å². The van der Waals surface area contributed by atoms with E-state index < -0.39 is 33.7 Å². The van der Waals surface area contributed by atoms with Crippen LogP contribution in [-0.4, -0.2) is 64.2 Å². The highest BCUT2D eigenvalue weighted by atomic mass is 19.1. The third kappa shape index (κ3) is 4.23. The smallest absolute Gasteiger partial charge is 0.341 e. The standard InChI is InChI=1S/C26H23FN4O7/c1-2-28-13-18(25(33)34)24(32)17-11-19(27)21(12-20(17)28)29-7-9-30(10-8-29)22-14-38-26(35)23(22)15-3-5-16(6-4-15)31(36)37/h3-6,11-13H,2,7-10,14H2,1H3,(H,33,34). The summed E-state index contributed by atoms with van der Waals surface area (Å²) in [5, 5.41) is 20.3. The monoisotopic (exact) mass is 522 g/mol. The molecule has 0 unspecified atom stereocenters. The number of cyclic esters (lactones) is 1. The van der Waals surface area contributed by atoms with E-state index in [9.17, 15) is 29.6 Å². The molecule has 0 atom stereocenters. The number of hydrogen-bond acceptors (Lipinski definition) is 8. The molecule has 11 nitrogen and oxygen atoms in total. The largest absolute Gasteiger partial charge is 0.477 e. The van der Waals surface area contributed by atoms with Crippen molar-refractivity contribution in [1.82, 2.24) is 9.47 Å². The lowest BCUT2D eigenvalue weighted by Gasteiger charge is -2.38. The summed E-state index contributed by atoms with van der Waals surface area (Å²) in [5.41, 5.74) is 1.06. The zero-order valence-electron chi connectivity index (χ0n) is 20.3. The van der Waals surface area contributed by atoms with Crippen LogP contribution in [0, 0.1) is 15.9 Å². The number of pyridine rings is 1. The number of halogens is 1. The molecular weight excluding hydrogens is 499 g/mol. The Morgan fingerprint density at radius 1 is 1.11 bits per heavy atom. The van der Waals surface area contributed by atoms with Crippen molar-refractivity contribution in [2.24, 2.45) is 0 Å². The molecule has 3 heterocycles. The van der Waals surface area contributed by atoms with E-state index in [1.165, 1.54) is 30.5 Å². The first kappa shape index (κ1) is 24.9. The lowest BCUT2D eigenvalue weighted by atomic mass is 10.0. The number of carboxylic acids is 1. The van der Waals surface area contributed by atoms with E-state index in [0.29, 0.717) is 60.8 Å². The van der Waals surface area contributed by atoms with E-state index in [1.807, 2.05) is 9.80 Å². The number of aromatic carboxylic acids is 1. The Bertz CT molecular complexity index is 1570. The average Bonchev–Trinajstić information content (AvgIpc) is 3.30. The van der Waals surface area contributed by atoms with Crippen molar-refractivity contribution in [1.29, 1.82) is 0 Å². The number of carbonyl (C=O) groups excluding carboxylic acids is 1. The summed E-state index contributed by atoms with van der Waals surface area (Å²) in [6.45, 7) is 4.01. The molecule has 2 aliphatic heterocycles. The summed E-state index contributed by atoms with van der Waals surface area (Å²) in [6.07, 6.45) is 1.27. The summed E-state index contributed by atoms with van der Waals surface area (Å²) in [4.78, 5) is 50.9. The SMILES string of the molecule is CCn1cc(C(=O)O)c(=O)c2cc(F)c(N3CCN(C4=C(c5ccc([N+](=O)[O-])cc5)C(=O)OC4)CC3)cc21. The van der Waals surface area contributed by atoms with Crippen LogP contribution >= 0.6 is 0 Å². The molecule has 0 saturated carbocycles. The van der Waals surface area contributed by atoms with Gasteiger partial charge in [0.1, 0.15) is 18.0 Å². The van der Waals surface area contributed by atoms with Gasteiger partial charge in [-0.05, 0) is 36.8 Å². The normalized spacial score (nSPS) is 15.8. The number of piperazine rings is 1. The highest BCUT2D eigenvalue weighted by molar-refractivity contribution is 6.19. The topological polar surface area (TPSA) is 135 Å². The number of non-ortho nitro benzene ring substituents is 1. The Hall–Kier alpha value is -4.74. The van der Waals surface area contributed by atoms with Crippen LogP contribution in [0.4, 0.5) is 15.8 Å². The maximum atomic E-state index is 15.2. The fourth-order valence-corrected chi connectivity index (χ4v) is 4.95. The molecule has 0 bridgehead atoms. The summed E-state index contributed by atoms with van der Waals surface area (Å²) in [7, 11) is 0. The highest BCUT2D eigenvalue weighted by Crippen LogP contribution is 2.32. The van der Waals surface area contributed by atoms with Gasteiger partial charge in [-0.2, -0.15) is 0 Å². The molecule has 12 heteroatoms. The minimum absolute atomic E-state index is 0.00569. The number of aryl methyl sites for hydroxylation is 1. The van der Waals surface area contributed by atoms with Crippen molar-refractivity contribution in [2.45, 2.75) is 13.5 Å².